The van der Waals surface area contributed by atoms with Gasteiger partial charge in [-0.1, -0.05) is 78.1 Å². The Hall–Kier alpha value is -1.14. The molecule has 0 aromatic rings. The summed E-state index contributed by atoms with van der Waals surface area (Å²) in [6, 6.07) is 0.370. The Morgan fingerprint density at radius 2 is 1.15 bits per heavy atom. The van der Waals surface area contributed by atoms with Crippen LogP contribution in [-0.4, -0.2) is 44.3 Å². The van der Waals surface area contributed by atoms with Crippen molar-refractivity contribution in [3.63, 3.8) is 0 Å². The predicted molar refractivity (Wildman–Crippen MR) is 142 cm³/mol. The van der Waals surface area contributed by atoms with Crippen LogP contribution in [0.2, 0.25) is 0 Å². The van der Waals surface area contributed by atoms with Crippen molar-refractivity contribution in [3.05, 3.63) is 0 Å². The highest BCUT2D eigenvalue weighted by molar-refractivity contribution is 5.69. The van der Waals surface area contributed by atoms with Gasteiger partial charge in [-0.3, -0.25) is 9.59 Å². The zero-order chi connectivity index (χ0) is 25.1. The smallest absolute Gasteiger partial charge is 0.305 e. The molecule has 0 saturated heterocycles. The highest BCUT2D eigenvalue weighted by Gasteiger charge is 2.11. The highest BCUT2D eigenvalue weighted by Crippen LogP contribution is 2.11. The zero-order valence-corrected chi connectivity index (χ0v) is 22.6. The molecule has 0 spiro atoms. The summed E-state index contributed by atoms with van der Waals surface area (Å²) in [4.78, 5) is 23.9. The second kappa shape index (κ2) is 26.5. The quantitative estimate of drug-likeness (QED) is 0.108. The molecule has 34 heavy (non-hydrogen) atoms. The summed E-state index contributed by atoms with van der Waals surface area (Å²) in [6.45, 7) is 7.04. The van der Waals surface area contributed by atoms with Crippen molar-refractivity contribution in [3.8, 4) is 0 Å². The average Bonchev–Trinajstić information content (AvgIpc) is 2.83. The first-order valence-electron chi connectivity index (χ1n) is 14.4. The molecule has 0 bridgehead atoms. The lowest BCUT2D eigenvalue weighted by atomic mass is 10.0. The third-order valence-corrected chi connectivity index (χ3v) is 6.20. The minimum absolute atomic E-state index is 0.0742. The van der Waals surface area contributed by atoms with Gasteiger partial charge in [0.15, 0.2) is 0 Å². The van der Waals surface area contributed by atoms with Crippen molar-refractivity contribution in [2.75, 3.05) is 26.3 Å². The molecule has 6 nitrogen and oxygen atoms in total. The molecule has 0 aliphatic heterocycles. The van der Waals surface area contributed by atoms with Gasteiger partial charge >= 0.3 is 11.9 Å². The molecule has 6 heteroatoms. The first-order valence-corrected chi connectivity index (χ1v) is 14.4. The van der Waals surface area contributed by atoms with Crippen molar-refractivity contribution in [1.82, 2.24) is 5.32 Å². The van der Waals surface area contributed by atoms with Gasteiger partial charge in [-0.25, -0.2) is 0 Å². The van der Waals surface area contributed by atoms with Crippen molar-refractivity contribution < 1.29 is 19.1 Å². The highest BCUT2D eigenvalue weighted by atomic mass is 16.5. The molecule has 0 saturated carbocycles. The number of hydrogen-bond acceptors (Lipinski definition) is 6. The molecule has 0 rings (SSSR count). The molecule has 0 radical (unpaired) electrons. The normalized spacial score (nSPS) is 12.0. The summed E-state index contributed by atoms with van der Waals surface area (Å²) in [6.07, 6.45) is 19.6. The third-order valence-electron chi connectivity index (χ3n) is 6.20. The van der Waals surface area contributed by atoms with Crippen LogP contribution in [0.4, 0.5) is 0 Å². The molecular formula is C28H56N2O4. The monoisotopic (exact) mass is 484 g/mol. The van der Waals surface area contributed by atoms with Gasteiger partial charge in [-0.05, 0) is 58.0 Å². The van der Waals surface area contributed by atoms with E-state index in [9.17, 15) is 9.59 Å². The van der Waals surface area contributed by atoms with Gasteiger partial charge in [0.05, 0.1) is 13.2 Å². The topological polar surface area (TPSA) is 90.6 Å². The lowest BCUT2D eigenvalue weighted by molar-refractivity contribution is -0.144. The Balaban J connectivity index is 3.97. The second-order valence-electron chi connectivity index (χ2n) is 9.55. The lowest BCUT2D eigenvalue weighted by Crippen LogP contribution is -2.30. The van der Waals surface area contributed by atoms with Crippen LogP contribution in [0, 0.1) is 0 Å². The molecule has 0 aliphatic rings. The fourth-order valence-corrected chi connectivity index (χ4v) is 4.02. The molecule has 0 heterocycles. The summed E-state index contributed by atoms with van der Waals surface area (Å²) in [5.74, 6) is -0.163. The van der Waals surface area contributed by atoms with E-state index in [1.807, 2.05) is 0 Å². The number of unbranched alkanes of at least 4 members (excludes halogenated alkanes) is 10. The summed E-state index contributed by atoms with van der Waals surface area (Å²) < 4.78 is 10.7. The summed E-state index contributed by atoms with van der Waals surface area (Å²) in [7, 11) is 0. The number of hydrogen-bond donors (Lipinski definition) is 2. The summed E-state index contributed by atoms with van der Waals surface area (Å²) >= 11 is 0. The Morgan fingerprint density at radius 3 is 1.71 bits per heavy atom. The lowest BCUT2D eigenvalue weighted by Gasteiger charge is -2.18. The molecule has 0 amide bonds. The van der Waals surface area contributed by atoms with E-state index in [0.717, 1.165) is 83.7 Å². The average molecular weight is 485 g/mol. The maximum Gasteiger partial charge on any atom is 0.305 e. The van der Waals surface area contributed by atoms with Crippen LogP contribution < -0.4 is 11.1 Å². The van der Waals surface area contributed by atoms with E-state index in [2.05, 4.69) is 19.2 Å². The van der Waals surface area contributed by atoms with Crippen molar-refractivity contribution in [1.29, 1.82) is 0 Å². The van der Waals surface area contributed by atoms with Gasteiger partial charge < -0.3 is 20.5 Å². The first-order chi connectivity index (χ1) is 16.6. The van der Waals surface area contributed by atoms with Crippen LogP contribution in [-0.2, 0) is 19.1 Å². The fraction of sp³-hybridized carbons (Fsp3) is 0.929. The fourth-order valence-electron chi connectivity index (χ4n) is 4.02. The van der Waals surface area contributed by atoms with E-state index >= 15 is 0 Å². The Labute approximate surface area is 210 Å². The van der Waals surface area contributed by atoms with E-state index in [-0.39, 0.29) is 11.9 Å². The number of rotatable bonds is 26. The van der Waals surface area contributed by atoms with Crippen molar-refractivity contribution in [2.24, 2.45) is 5.73 Å². The predicted octanol–water partition coefficient (Wildman–Crippen LogP) is 6.44. The van der Waals surface area contributed by atoms with Crippen LogP contribution in [0.15, 0.2) is 0 Å². The van der Waals surface area contributed by atoms with E-state index in [1.54, 1.807) is 0 Å². The number of nitrogens with two attached hydrogens (primary N) is 1. The first kappa shape index (κ1) is 32.9. The number of carbonyl (C=O) groups is 2. The minimum Gasteiger partial charge on any atom is -0.466 e. The van der Waals surface area contributed by atoms with E-state index in [4.69, 9.17) is 15.2 Å². The SMILES string of the molecule is CCCCCCCOC(=O)CCCNC(CCCCCN)CCCC(=O)OCCCCCCC. The van der Waals surface area contributed by atoms with Crippen LogP contribution in [0.1, 0.15) is 136 Å². The summed E-state index contributed by atoms with van der Waals surface area (Å²) in [5.41, 5.74) is 5.61. The van der Waals surface area contributed by atoms with Gasteiger partial charge in [0.2, 0.25) is 0 Å². The minimum atomic E-state index is -0.0887. The number of carbonyl (C=O) groups excluding carboxylic acids is 2. The maximum absolute atomic E-state index is 12.0. The summed E-state index contributed by atoms with van der Waals surface area (Å²) in [5, 5.41) is 3.60. The number of nitrogens with one attached hydrogen (secondary N) is 1. The molecule has 0 aliphatic carbocycles. The maximum atomic E-state index is 12.0. The van der Waals surface area contributed by atoms with E-state index < -0.39 is 0 Å². The van der Waals surface area contributed by atoms with Gasteiger partial charge in [-0.2, -0.15) is 0 Å². The second-order valence-corrected chi connectivity index (χ2v) is 9.55. The number of esters is 2. The molecule has 1 atom stereocenters. The Morgan fingerprint density at radius 1 is 0.647 bits per heavy atom. The molecular weight excluding hydrogens is 428 g/mol. The largest absolute Gasteiger partial charge is 0.466 e. The Bertz CT molecular complexity index is 460. The molecule has 0 fully saturated rings. The molecule has 3 N–H and O–H groups in total. The molecule has 1 unspecified atom stereocenters. The van der Waals surface area contributed by atoms with Crippen LogP contribution in [0.3, 0.4) is 0 Å². The number of ether oxygens (including phenoxy) is 2. The van der Waals surface area contributed by atoms with Gasteiger partial charge in [0.1, 0.15) is 0 Å². The third kappa shape index (κ3) is 24.0. The van der Waals surface area contributed by atoms with Gasteiger partial charge in [0.25, 0.3) is 0 Å². The molecule has 0 aromatic carbocycles. The van der Waals surface area contributed by atoms with E-state index in [0.29, 0.717) is 32.1 Å². The Kier molecular flexibility index (Phi) is 25.6. The van der Waals surface area contributed by atoms with Crippen molar-refractivity contribution in [2.45, 2.75) is 142 Å². The zero-order valence-electron chi connectivity index (χ0n) is 22.6. The van der Waals surface area contributed by atoms with E-state index in [1.165, 1.54) is 38.5 Å². The van der Waals surface area contributed by atoms with Gasteiger partial charge in [-0.15, -0.1) is 0 Å². The van der Waals surface area contributed by atoms with Crippen LogP contribution in [0.25, 0.3) is 0 Å². The standard InChI is InChI=1S/C28H56N2O4/c1-3-5-7-9-14-24-33-27(31)20-16-19-26(18-12-11-13-22-29)30-23-17-21-28(32)34-25-15-10-8-6-4-2/h26,30H,3-25,29H2,1-2H3. The van der Waals surface area contributed by atoms with Crippen molar-refractivity contribution >= 4 is 11.9 Å². The van der Waals surface area contributed by atoms with Crippen LogP contribution in [0.5, 0.6) is 0 Å². The molecule has 0 aromatic heterocycles. The molecule has 202 valence electrons. The van der Waals surface area contributed by atoms with Crippen LogP contribution >= 0.6 is 0 Å². The van der Waals surface area contributed by atoms with Gasteiger partial charge in [0, 0.05) is 18.9 Å².